The number of thiazole rings is 1. The summed E-state index contributed by atoms with van der Waals surface area (Å²) >= 11 is 8.99. The van der Waals surface area contributed by atoms with E-state index in [1.165, 1.54) is 23.1 Å². The molecule has 136 valence electrons. The second kappa shape index (κ2) is 7.72. The molecule has 0 spiro atoms. The molecule has 0 fully saturated rings. The monoisotopic (exact) mass is 415 g/mol. The van der Waals surface area contributed by atoms with Crippen LogP contribution in [0, 0.1) is 6.92 Å². The lowest BCUT2D eigenvalue weighted by Gasteiger charge is -2.14. The molecule has 0 saturated heterocycles. The molecule has 0 saturated carbocycles. The van der Waals surface area contributed by atoms with Gasteiger partial charge in [-0.3, -0.25) is 4.79 Å². The highest BCUT2D eigenvalue weighted by molar-refractivity contribution is 8.02. The fourth-order valence-corrected chi connectivity index (χ4v) is 4.95. The van der Waals surface area contributed by atoms with Crippen molar-refractivity contribution in [3.05, 3.63) is 70.9 Å². The van der Waals surface area contributed by atoms with E-state index in [9.17, 15) is 4.79 Å². The molecule has 2 aromatic carbocycles. The van der Waals surface area contributed by atoms with Crippen LogP contribution in [0.25, 0.3) is 10.2 Å². The van der Waals surface area contributed by atoms with Crippen molar-refractivity contribution in [2.45, 2.75) is 16.5 Å². The standard InChI is InChI=1S/C19H14ClN3O2S2/c1-11-9-16(23-25-11)22-18(24)17(12-5-3-2-4-6-12)27-19-21-14-10-13(20)7-8-15(14)26-19/h2-10,17H,1H3,(H,22,23,24)/t17-/m1/s1. The van der Waals surface area contributed by atoms with Crippen LogP contribution in [0.5, 0.6) is 0 Å². The minimum Gasteiger partial charge on any atom is -0.360 e. The van der Waals surface area contributed by atoms with Crippen molar-refractivity contribution in [3.63, 3.8) is 0 Å². The summed E-state index contributed by atoms with van der Waals surface area (Å²) in [6.45, 7) is 1.78. The van der Waals surface area contributed by atoms with Crippen LogP contribution in [-0.4, -0.2) is 16.0 Å². The second-order valence-electron chi connectivity index (χ2n) is 5.81. The van der Waals surface area contributed by atoms with Gasteiger partial charge in [-0.15, -0.1) is 11.3 Å². The first-order valence-electron chi connectivity index (χ1n) is 8.10. The Morgan fingerprint density at radius 2 is 2.04 bits per heavy atom. The highest BCUT2D eigenvalue weighted by Gasteiger charge is 2.24. The molecule has 5 nitrogen and oxygen atoms in total. The van der Waals surface area contributed by atoms with Gasteiger partial charge in [0.15, 0.2) is 10.2 Å². The van der Waals surface area contributed by atoms with E-state index >= 15 is 0 Å². The van der Waals surface area contributed by atoms with Crippen molar-refractivity contribution in [1.82, 2.24) is 10.1 Å². The van der Waals surface area contributed by atoms with Crippen LogP contribution in [0.1, 0.15) is 16.6 Å². The van der Waals surface area contributed by atoms with Gasteiger partial charge in [-0.1, -0.05) is 58.9 Å². The fraction of sp³-hybridized carbons (Fsp3) is 0.105. The van der Waals surface area contributed by atoms with Gasteiger partial charge in [0.05, 0.1) is 10.2 Å². The maximum Gasteiger partial charge on any atom is 0.243 e. The topological polar surface area (TPSA) is 68.0 Å². The summed E-state index contributed by atoms with van der Waals surface area (Å²) in [6, 6.07) is 16.9. The number of nitrogens with zero attached hydrogens (tertiary/aromatic N) is 2. The lowest BCUT2D eigenvalue weighted by atomic mass is 10.1. The number of benzene rings is 2. The van der Waals surface area contributed by atoms with Gasteiger partial charge in [-0.2, -0.15) is 0 Å². The Morgan fingerprint density at radius 3 is 2.78 bits per heavy atom. The third-order valence-electron chi connectivity index (χ3n) is 3.77. The van der Waals surface area contributed by atoms with Crippen LogP contribution in [0.4, 0.5) is 5.82 Å². The summed E-state index contributed by atoms with van der Waals surface area (Å²) < 4.78 is 6.85. The van der Waals surface area contributed by atoms with Crippen molar-refractivity contribution in [3.8, 4) is 0 Å². The molecule has 1 N–H and O–H groups in total. The summed E-state index contributed by atoms with van der Waals surface area (Å²) in [5.74, 6) is 0.851. The number of rotatable bonds is 5. The Balaban J connectivity index is 1.63. The highest BCUT2D eigenvalue weighted by atomic mass is 35.5. The molecule has 0 aliphatic rings. The van der Waals surface area contributed by atoms with Gasteiger partial charge in [0, 0.05) is 11.1 Å². The van der Waals surface area contributed by atoms with Crippen molar-refractivity contribution < 1.29 is 9.32 Å². The average Bonchev–Trinajstić information content (AvgIpc) is 3.25. The van der Waals surface area contributed by atoms with E-state index in [2.05, 4.69) is 15.5 Å². The molecular formula is C19H14ClN3O2S2. The number of amides is 1. The summed E-state index contributed by atoms with van der Waals surface area (Å²) in [6.07, 6.45) is 0. The molecular weight excluding hydrogens is 402 g/mol. The molecule has 1 amide bonds. The van der Waals surface area contributed by atoms with Crippen LogP contribution in [0.2, 0.25) is 5.02 Å². The fourth-order valence-electron chi connectivity index (χ4n) is 2.55. The molecule has 0 unspecified atom stereocenters. The Hall–Kier alpha value is -2.35. The van der Waals surface area contributed by atoms with Crippen LogP contribution < -0.4 is 5.32 Å². The first-order chi connectivity index (χ1) is 13.1. The van der Waals surface area contributed by atoms with Gasteiger partial charge < -0.3 is 9.84 Å². The molecule has 0 bridgehead atoms. The largest absolute Gasteiger partial charge is 0.360 e. The first kappa shape index (κ1) is 18.0. The van der Waals surface area contributed by atoms with Crippen molar-refractivity contribution >= 4 is 56.6 Å². The molecule has 0 aliphatic heterocycles. The molecule has 0 radical (unpaired) electrons. The maximum absolute atomic E-state index is 12.9. The Kier molecular flexibility index (Phi) is 5.15. The third kappa shape index (κ3) is 4.16. The zero-order valence-electron chi connectivity index (χ0n) is 14.2. The van der Waals surface area contributed by atoms with Gasteiger partial charge in [0.2, 0.25) is 5.91 Å². The van der Waals surface area contributed by atoms with Gasteiger partial charge in [-0.05, 0) is 30.7 Å². The van der Waals surface area contributed by atoms with Crippen LogP contribution in [-0.2, 0) is 4.79 Å². The number of halogens is 1. The predicted molar refractivity (Wildman–Crippen MR) is 110 cm³/mol. The Labute approximate surface area is 168 Å². The van der Waals surface area contributed by atoms with E-state index in [0.717, 1.165) is 20.1 Å². The Morgan fingerprint density at radius 1 is 1.22 bits per heavy atom. The number of fused-ring (bicyclic) bond motifs is 1. The number of anilines is 1. The average molecular weight is 416 g/mol. The SMILES string of the molecule is Cc1cc(NC(=O)[C@H](Sc2nc3cc(Cl)ccc3s2)c2ccccc2)no1. The zero-order chi connectivity index (χ0) is 18.8. The van der Waals surface area contributed by atoms with E-state index in [0.29, 0.717) is 16.6 Å². The van der Waals surface area contributed by atoms with Gasteiger partial charge in [0.1, 0.15) is 11.0 Å². The molecule has 2 heterocycles. The van der Waals surface area contributed by atoms with Crippen molar-refractivity contribution in [2.75, 3.05) is 5.32 Å². The molecule has 1 atom stereocenters. The molecule has 0 aliphatic carbocycles. The zero-order valence-corrected chi connectivity index (χ0v) is 16.6. The van der Waals surface area contributed by atoms with E-state index < -0.39 is 5.25 Å². The quantitative estimate of drug-likeness (QED) is 0.422. The van der Waals surface area contributed by atoms with E-state index in [1.54, 1.807) is 13.0 Å². The molecule has 8 heteroatoms. The number of carbonyl (C=O) groups excluding carboxylic acids is 1. The minimum atomic E-state index is -0.473. The Bertz CT molecular complexity index is 1090. The number of hydrogen-bond donors (Lipinski definition) is 1. The summed E-state index contributed by atoms with van der Waals surface area (Å²) in [7, 11) is 0. The lowest BCUT2D eigenvalue weighted by Crippen LogP contribution is -2.19. The number of aryl methyl sites for hydroxylation is 1. The van der Waals surface area contributed by atoms with Crippen molar-refractivity contribution in [1.29, 1.82) is 0 Å². The first-order valence-corrected chi connectivity index (χ1v) is 10.2. The third-order valence-corrected chi connectivity index (χ3v) is 6.39. The number of thioether (sulfide) groups is 1. The molecule has 4 aromatic rings. The minimum absolute atomic E-state index is 0.184. The van der Waals surface area contributed by atoms with E-state index in [1.807, 2.05) is 48.5 Å². The number of hydrogen-bond acceptors (Lipinski definition) is 6. The number of nitrogens with one attached hydrogen (secondary N) is 1. The van der Waals surface area contributed by atoms with Gasteiger partial charge in [0.25, 0.3) is 0 Å². The predicted octanol–water partition coefficient (Wildman–Crippen LogP) is 5.72. The molecule has 4 rings (SSSR count). The summed E-state index contributed by atoms with van der Waals surface area (Å²) in [4.78, 5) is 17.6. The van der Waals surface area contributed by atoms with Crippen molar-refractivity contribution in [2.24, 2.45) is 0 Å². The van der Waals surface area contributed by atoms with Gasteiger partial charge in [-0.25, -0.2) is 4.98 Å². The summed E-state index contributed by atoms with van der Waals surface area (Å²) in [5.41, 5.74) is 1.71. The van der Waals surface area contributed by atoms with Crippen LogP contribution in [0.3, 0.4) is 0 Å². The summed E-state index contributed by atoms with van der Waals surface area (Å²) in [5, 5.41) is 6.82. The number of carbonyl (C=O) groups is 1. The lowest BCUT2D eigenvalue weighted by molar-refractivity contribution is -0.115. The number of aromatic nitrogens is 2. The second-order valence-corrected chi connectivity index (χ2v) is 8.63. The molecule has 27 heavy (non-hydrogen) atoms. The van der Waals surface area contributed by atoms with E-state index in [-0.39, 0.29) is 5.91 Å². The highest BCUT2D eigenvalue weighted by Crippen LogP contribution is 2.40. The molecule has 2 aromatic heterocycles. The van der Waals surface area contributed by atoms with Crippen LogP contribution in [0.15, 0.2) is 63.5 Å². The maximum atomic E-state index is 12.9. The van der Waals surface area contributed by atoms with Gasteiger partial charge >= 0.3 is 0 Å². The normalized spacial score (nSPS) is 12.2. The van der Waals surface area contributed by atoms with E-state index in [4.69, 9.17) is 16.1 Å². The smallest absolute Gasteiger partial charge is 0.243 e. The van der Waals surface area contributed by atoms with Crippen LogP contribution >= 0.6 is 34.7 Å².